The van der Waals surface area contributed by atoms with Crippen molar-refractivity contribution >= 4 is 5.91 Å². The Bertz CT molecular complexity index is 922. The number of aromatic nitrogens is 5. The number of rotatable bonds is 4. The lowest BCUT2D eigenvalue weighted by Gasteiger charge is -2.08. The lowest BCUT2D eigenvalue weighted by molar-refractivity contribution is 0.0949. The molecule has 1 aliphatic rings. The fourth-order valence-electron chi connectivity index (χ4n) is 3.25. The summed E-state index contributed by atoms with van der Waals surface area (Å²) in [6.45, 7) is 5.31. The molecule has 1 N–H and O–H groups in total. The highest BCUT2D eigenvalue weighted by molar-refractivity contribution is 5.94. The zero-order valence-corrected chi connectivity index (χ0v) is 14.4. The summed E-state index contributed by atoms with van der Waals surface area (Å²) in [4.78, 5) is 12.4. The highest BCUT2D eigenvalue weighted by Crippen LogP contribution is 2.15. The zero-order chi connectivity index (χ0) is 17.4. The Labute approximate surface area is 145 Å². The zero-order valence-electron chi connectivity index (χ0n) is 14.4. The smallest absolute Gasteiger partial charge is 0.251 e. The van der Waals surface area contributed by atoms with Gasteiger partial charge in [0, 0.05) is 24.2 Å². The summed E-state index contributed by atoms with van der Waals surface area (Å²) in [5, 5.41) is 15.7. The van der Waals surface area contributed by atoms with Gasteiger partial charge < -0.3 is 9.88 Å². The van der Waals surface area contributed by atoms with Crippen LogP contribution in [-0.2, 0) is 19.5 Å². The van der Waals surface area contributed by atoms with Crippen molar-refractivity contribution < 1.29 is 4.79 Å². The predicted molar refractivity (Wildman–Crippen MR) is 92.6 cm³/mol. The summed E-state index contributed by atoms with van der Waals surface area (Å²) in [6.07, 6.45) is 2.06. The molecular weight excluding hydrogens is 316 g/mol. The third-order valence-corrected chi connectivity index (χ3v) is 4.48. The van der Waals surface area contributed by atoms with Crippen molar-refractivity contribution in [1.82, 2.24) is 29.9 Å². The predicted octanol–water partition coefficient (Wildman–Crippen LogP) is 1.96. The summed E-state index contributed by atoms with van der Waals surface area (Å²) in [5.41, 5.74) is 3.60. The van der Waals surface area contributed by atoms with E-state index in [4.69, 9.17) is 0 Å². The summed E-state index contributed by atoms with van der Waals surface area (Å²) in [5.74, 6) is 1.72. The highest BCUT2D eigenvalue weighted by Gasteiger charge is 2.17. The molecule has 4 rings (SSSR count). The Morgan fingerprint density at radius 1 is 1.20 bits per heavy atom. The minimum atomic E-state index is -0.115. The number of nitrogens with zero attached hydrogens (tertiary/aromatic N) is 5. The van der Waals surface area contributed by atoms with Crippen LogP contribution in [0.1, 0.15) is 39.8 Å². The summed E-state index contributed by atoms with van der Waals surface area (Å²) >= 11 is 0. The molecule has 3 heterocycles. The molecule has 0 atom stereocenters. The van der Waals surface area contributed by atoms with Gasteiger partial charge in [-0.3, -0.25) is 4.79 Å². The number of nitrogens with one attached hydrogen (secondary N) is 1. The molecule has 1 aliphatic heterocycles. The first-order valence-electron chi connectivity index (χ1n) is 8.44. The number of carbonyl (C=O) groups excluding carboxylic acids is 1. The van der Waals surface area contributed by atoms with Crippen LogP contribution >= 0.6 is 0 Å². The van der Waals surface area contributed by atoms with Gasteiger partial charge in [0.2, 0.25) is 0 Å². The van der Waals surface area contributed by atoms with Crippen molar-refractivity contribution in [3.63, 3.8) is 0 Å². The molecule has 0 unspecified atom stereocenters. The van der Waals surface area contributed by atoms with E-state index in [0.29, 0.717) is 12.1 Å². The van der Waals surface area contributed by atoms with Crippen LogP contribution in [0, 0.1) is 13.8 Å². The number of fused-ring (bicyclic) bond motifs is 1. The van der Waals surface area contributed by atoms with Crippen LogP contribution in [0.3, 0.4) is 0 Å². The van der Waals surface area contributed by atoms with Crippen LogP contribution in [0.5, 0.6) is 0 Å². The lowest BCUT2D eigenvalue weighted by Crippen LogP contribution is -2.24. The fraction of sp³-hybridized carbons (Fsp3) is 0.333. The molecule has 0 saturated heterocycles. The summed E-state index contributed by atoms with van der Waals surface area (Å²) in [6, 6.07) is 9.47. The van der Waals surface area contributed by atoms with Gasteiger partial charge in [0.05, 0.1) is 17.9 Å². The summed E-state index contributed by atoms with van der Waals surface area (Å²) in [7, 11) is 0. The molecule has 0 spiro atoms. The first kappa shape index (κ1) is 15.6. The van der Waals surface area contributed by atoms with Gasteiger partial charge in [-0.2, -0.15) is 5.10 Å². The molecule has 7 nitrogen and oxygen atoms in total. The number of benzene rings is 1. The van der Waals surface area contributed by atoms with Crippen LogP contribution in [0.15, 0.2) is 30.3 Å². The highest BCUT2D eigenvalue weighted by atomic mass is 16.1. The van der Waals surface area contributed by atoms with Gasteiger partial charge in [0.15, 0.2) is 5.82 Å². The van der Waals surface area contributed by atoms with Crippen LogP contribution in [0.4, 0.5) is 0 Å². The number of hydrogen-bond donors (Lipinski definition) is 1. The maximum Gasteiger partial charge on any atom is 0.251 e. The van der Waals surface area contributed by atoms with Crippen molar-refractivity contribution in [1.29, 1.82) is 0 Å². The molecule has 1 amide bonds. The lowest BCUT2D eigenvalue weighted by atomic mass is 10.2. The molecule has 0 radical (unpaired) electrons. The molecule has 1 aromatic carbocycles. The molecule has 128 valence electrons. The van der Waals surface area contributed by atoms with E-state index in [2.05, 4.69) is 25.2 Å². The maximum atomic E-state index is 12.4. The number of carbonyl (C=O) groups is 1. The minimum absolute atomic E-state index is 0.115. The van der Waals surface area contributed by atoms with Crippen LogP contribution < -0.4 is 5.32 Å². The second-order valence-corrected chi connectivity index (χ2v) is 6.36. The van der Waals surface area contributed by atoms with Gasteiger partial charge in [-0.1, -0.05) is 0 Å². The number of amides is 1. The number of aryl methyl sites for hydroxylation is 3. The molecule has 0 bridgehead atoms. The van der Waals surface area contributed by atoms with Crippen molar-refractivity contribution in [3.05, 3.63) is 58.9 Å². The summed E-state index contributed by atoms with van der Waals surface area (Å²) < 4.78 is 3.96. The standard InChI is InChI=1S/C18H20N6O/c1-12-10-13(2)24(22-12)15-7-5-14(6-8-15)18(25)19-11-17-21-20-16-4-3-9-23(16)17/h5-8,10H,3-4,9,11H2,1-2H3,(H,19,25). The molecule has 7 heteroatoms. The molecule has 0 aliphatic carbocycles. The van der Waals surface area contributed by atoms with E-state index in [9.17, 15) is 4.79 Å². The van der Waals surface area contributed by atoms with Crippen LogP contribution in [0.25, 0.3) is 5.69 Å². The molecule has 0 saturated carbocycles. The van der Waals surface area contributed by atoms with Crippen molar-refractivity contribution in [2.24, 2.45) is 0 Å². The second-order valence-electron chi connectivity index (χ2n) is 6.36. The molecule has 0 fully saturated rings. The molecule has 2 aromatic heterocycles. The van der Waals surface area contributed by atoms with E-state index in [-0.39, 0.29) is 5.91 Å². The van der Waals surface area contributed by atoms with Crippen LogP contribution in [-0.4, -0.2) is 30.5 Å². The SMILES string of the molecule is Cc1cc(C)n(-c2ccc(C(=O)NCc3nnc4n3CCC4)cc2)n1. The monoisotopic (exact) mass is 336 g/mol. The van der Waals surface area contributed by atoms with E-state index in [1.807, 2.05) is 48.9 Å². The average Bonchev–Trinajstić information content (AvgIpc) is 3.29. The fourth-order valence-corrected chi connectivity index (χ4v) is 3.25. The Balaban J connectivity index is 1.44. The second kappa shape index (κ2) is 6.16. The minimum Gasteiger partial charge on any atom is -0.345 e. The van der Waals surface area contributed by atoms with Gasteiger partial charge in [-0.05, 0) is 50.6 Å². The third-order valence-electron chi connectivity index (χ3n) is 4.48. The number of hydrogen-bond acceptors (Lipinski definition) is 4. The van der Waals surface area contributed by atoms with Crippen molar-refractivity contribution in [3.8, 4) is 5.69 Å². The Morgan fingerprint density at radius 2 is 2.00 bits per heavy atom. The van der Waals surface area contributed by atoms with Crippen molar-refractivity contribution in [2.45, 2.75) is 39.8 Å². The maximum absolute atomic E-state index is 12.4. The van der Waals surface area contributed by atoms with Gasteiger partial charge in [-0.15, -0.1) is 10.2 Å². The van der Waals surface area contributed by atoms with E-state index >= 15 is 0 Å². The topological polar surface area (TPSA) is 77.6 Å². The van der Waals surface area contributed by atoms with Gasteiger partial charge in [0.1, 0.15) is 5.82 Å². The molecule has 25 heavy (non-hydrogen) atoms. The van der Waals surface area contributed by atoms with Crippen molar-refractivity contribution in [2.75, 3.05) is 0 Å². The van der Waals surface area contributed by atoms with E-state index < -0.39 is 0 Å². The Morgan fingerprint density at radius 3 is 2.72 bits per heavy atom. The van der Waals surface area contributed by atoms with Crippen LogP contribution in [0.2, 0.25) is 0 Å². The van der Waals surface area contributed by atoms with E-state index in [1.165, 1.54) is 0 Å². The third kappa shape index (κ3) is 2.93. The van der Waals surface area contributed by atoms with Gasteiger partial charge >= 0.3 is 0 Å². The van der Waals surface area contributed by atoms with E-state index in [1.54, 1.807) is 0 Å². The quantitative estimate of drug-likeness (QED) is 0.790. The van der Waals surface area contributed by atoms with Gasteiger partial charge in [-0.25, -0.2) is 4.68 Å². The Hall–Kier alpha value is -2.96. The molecule has 3 aromatic rings. The molecular formula is C18H20N6O. The average molecular weight is 336 g/mol. The first-order valence-corrected chi connectivity index (χ1v) is 8.44. The normalized spacial score (nSPS) is 13.0. The largest absolute Gasteiger partial charge is 0.345 e. The first-order chi connectivity index (χ1) is 12.1. The van der Waals surface area contributed by atoms with E-state index in [0.717, 1.165) is 48.1 Å². The van der Waals surface area contributed by atoms with Gasteiger partial charge in [0.25, 0.3) is 5.91 Å². The Kier molecular flexibility index (Phi) is 3.83.